The van der Waals surface area contributed by atoms with Gasteiger partial charge in [-0.2, -0.15) is 4.31 Å². The van der Waals surface area contributed by atoms with Gasteiger partial charge in [0.15, 0.2) is 0 Å². The van der Waals surface area contributed by atoms with Crippen LogP contribution >= 0.6 is 11.8 Å². The normalized spacial score (nSPS) is 12.5. The summed E-state index contributed by atoms with van der Waals surface area (Å²) in [5, 5.41) is 2.88. The minimum atomic E-state index is -3.95. The molecule has 174 valence electrons. The summed E-state index contributed by atoms with van der Waals surface area (Å²) < 4.78 is 41.1. The Morgan fingerprint density at radius 2 is 1.61 bits per heavy atom. The zero-order chi connectivity index (χ0) is 24.0. The number of hydrogen-bond acceptors (Lipinski definition) is 4. The highest BCUT2D eigenvalue weighted by molar-refractivity contribution is 7.98. The van der Waals surface area contributed by atoms with Crippen molar-refractivity contribution < 1.29 is 17.6 Å². The van der Waals surface area contributed by atoms with Crippen LogP contribution in [0.4, 0.5) is 4.39 Å². The summed E-state index contributed by atoms with van der Waals surface area (Å²) in [5.74, 6) is -0.833. The highest BCUT2D eigenvalue weighted by Gasteiger charge is 2.27. The Hall–Kier alpha value is -2.68. The van der Waals surface area contributed by atoms with Crippen LogP contribution in [0, 0.1) is 12.7 Å². The lowest BCUT2D eigenvalue weighted by molar-refractivity contribution is -0.122. The molecule has 0 saturated carbocycles. The predicted octanol–water partition coefficient (Wildman–Crippen LogP) is 4.92. The van der Waals surface area contributed by atoms with E-state index >= 15 is 0 Å². The Balaban J connectivity index is 1.81. The molecule has 0 aliphatic carbocycles. The van der Waals surface area contributed by atoms with Crippen molar-refractivity contribution in [3.8, 4) is 0 Å². The minimum absolute atomic E-state index is 0.0549. The summed E-state index contributed by atoms with van der Waals surface area (Å²) in [6.07, 6.45) is 1.99. The van der Waals surface area contributed by atoms with E-state index in [0.717, 1.165) is 20.3 Å². The van der Waals surface area contributed by atoms with Crippen molar-refractivity contribution in [1.82, 2.24) is 9.62 Å². The van der Waals surface area contributed by atoms with Crippen LogP contribution in [-0.2, 0) is 21.4 Å². The maximum absolute atomic E-state index is 13.3. The monoisotopic (exact) mass is 486 g/mol. The van der Waals surface area contributed by atoms with E-state index in [1.807, 2.05) is 44.4 Å². The summed E-state index contributed by atoms with van der Waals surface area (Å²) in [6.45, 7) is 3.31. The number of benzene rings is 3. The van der Waals surface area contributed by atoms with Gasteiger partial charge in [0.25, 0.3) is 0 Å². The summed E-state index contributed by atoms with van der Waals surface area (Å²) in [7, 11) is -3.95. The number of sulfonamides is 1. The summed E-state index contributed by atoms with van der Waals surface area (Å²) >= 11 is 1.63. The molecule has 0 aromatic heterocycles. The van der Waals surface area contributed by atoms with Crippen LogP contribution in [-0.4, -0.2) is 31.4 Å². The molecule has 1 unspecified atom stereocenters. The van der Waals surface area contributed by atoms with E-state index in [4.69, 9.17) is 0 Å². The molecular weight excluding hydrogens is 459 g/mol. The van der Waals surface area contributed by atoms with Crippen molar-refractivity contribution in [3.63, 3.8) is 0 Å². The third-order valence-electron chi connectivity index (χ3n) is 5.24. The van der Waals surface area contributed by atoms with Gasteiger partial charge in [-0.1, -0.05) is 42.0 Å². The molecule has 0 aliphatic rings. The second-order valence-corrected chi connectivity index (χ2v) is 10.6. The number of halogens is 1. The van der Waals surface area contributed by atoms with Gasteiger partial charge in [-0.25, -0.2) is 12.8 Å². The molecule has 1 atom stereocenters. The van der Waals surface area contributed by atoms with Crippen LogP contribution in [0.15, 0.2) is 82.6 Å². The quantitative estimate of drug-likeness (QED) is 0.436. The summed E-state index contributed by atoms with van der Waals surface area (Å²) in [6, 6.07) is 19.6. The van der Waals surface area contributed by atoms with Gasteiger partial charge in [0.05, 0.1) is 17.5 Å². The molecule has 33 heavy (non-hydrogen) atoms. The number of carbonyl (C=O) groups is 1. The molecule has 8 heteroatoms. The van der Waals surface area contributed by atoms with Crippen molar-refractivity contribution in [2.75, 3.05) is 12.8 Å². The fourth-order valence-electron chi connectivity index (χ4n) is 3.30. The molecule has 3 aromatic carbocycles. The number of hydrogen-bond donors (Lipinski definition) is 1. The number of carbonyl (C=O) groups excluding carboxylic acids is 1. The Bertz CT molecular complexity index is 1180. The third kappa shape index (κ3) is 6.66. The van der Waals surface area contributed by atoms with Crippen molar-refractivity contribution in [2.45, 2.75) is 36.2 Å². The second-order valence-electron chi connectivity index (χ2n) is 7.77. The average Bonchev–Trinajstić information content (AvgIpc) is 2.80. The number of thioether (sulfide) groups is 1. The van der Waals surface area contributed by atoms with Gasteiger partial charge < -0.3 is 5.32 Å². The summed E-state index contributed by atoms with van der Waals surface area (Å²) in [4.78, 5) is 14.1. The number of rotatable bonds is 9. The third-order valence-corrected chi connectivity index (χ3v) is 7.79. The Morgan fingerprint density at radius 3 is 2.18 bits per heavy atom. The number of nitrogens with one attached hydrogen (secondary N) is 1. The van der Waals surface area contributed by atoms with Crippen LogP contribution in [0.25, 0.3) is 0 Å². The Kier molecular flexibility index (Phi) is 8.29. The van der Waals surface area contributed by atoms with E-state index in [1.54, 1.807) is 23.9 Å². The Labute approximate surface area is 199 Å². The van der Waals surface area contributed by atoms with Crippen molar-refractivity contribution in [1.29, 1.82) is 0 Å². The average molecular weight is 487 g/mol. The fourth-order valence-corrected chi connectivity index (χ4v) is 5.09. The molecule has 0 radical (unpaired) electrons. The van der Waals surface area contributed by atoms with Gasteiger partial charge >= 0.3 is 0 Å². The number of nitrogens with zero attached hydrogens (tertiary/aromatic N) is 1. The predicted molar refractivity (Wildman–Crippen MR) is 130 cm³/mol. The standard InChI is InChI=1S/C25H27FN2O3S2/c1-18-4-14-24(15-5-18)33(30,31)28(16-20-6-10-22(26)11-7-20)17-25(29)27-19(2)21-8-12-23(32-3)13-9-21/h4-15,19H,16-17H2,1-3H3,(H,27,29). The maximum Gasteiger partial charge on any atom is 0.243 e. The smallest absolute Gasteiger partial charge is 0.243 e. The van der Waals surface area contributed by atoms with Crippen molar-refractivity contribution >= 4 is 27.7 Å². The van der Waals surface area contributed by atoms with Gasteiger partial charge in [-0.05, 0) is 67.6 Å². The first kappa shape index (κ1) is 25.0. The molecule has 3 rings (SSSR count). The van der Waals surface area contributed by atoms with Gasteiger partial charge in [0.2, 0.25) is 15.9 Å². The van der Waals surface area contributed by atoms with E-state index in [2.05, 4.69) is 5.32 Å². The largest absolute Gasteiger partial charge is 0.348 e. The van der Waals surface area contributed by atoms with E-state index < -0.39 is 21.7 Å². The fraction of sp³-hybridized carbons (Fsp3) is 0.240. The molecule has 1 N–H and O–H groups in total. The van der Waals surface area contributed by atoms with Crippen molar-refractivity contribution in [3.05, 3.63) is 95.3 Å². The number of amides is 1. The molecule has 0 aliphatic heterocycles. The van der Waals surface area contributed by atoms with E-state index in [0.29, 0.717) is 5.56 Å². The van der Waals surface area contributed by atoms with Crippen LogP contribution in [0.3, 0.4) is 0 Å². The van der Waals surface area contributed by atoms with Crippen LogP contribution in [0.1, 0.15) is 29.7 Å². The molecule has 0 bridgehead atoms. The number of aryl methyl sites for hydroxylation is 1. The first-order valence-electron chi connectivity index (χ1n) is 10.4. The highest BCUT2D eigenvalue weighted by atomic mass is 32.2. The lowest BCUT2D eigenvalue weighted by atomic mass is 10.1. The molecule has 0 saturated heterocycles. The lowest BCUT2D eigenvalue weighted by Crippen LogP contribution is -2.41. The molecule has 5 nitrogen and oxygen atoms in total. The Morgan fingerprint density at radius 1 is 1.00 bits per heavy atom. The van der Waals surface area contributed by atoms with Crippen LogP contribution in [0.5, 0.6) is 0 Å². The highest BCUT2D eigenvalue weighted by Crippen LogP contribution is 2.21. The summed E-state index contributed by atoms with van der Waals surface area (Å²) in [5.41, 5.74) is 2.44. The van der Waals surface area contributed by atoms with Gasteiger partial charge in [0.1, 0.15) is 5.82 Å². The van der Waals surface area contributed by atoms with Gasteiger partial charge in [-0.15, -0.1) is 11.8 Å². The first-order chi connectivity index (χ1) is 15.7. The van der Waals surface area contributed by atoms with Crippen molar-refractivity contribution in [2.24, 2.45) is 0 Å². The molecule has 0 heterocycles. The lowest BCUT2D eigenvalue weighted by Gasteiger charge is -2.23. The van der Waals surface area contributed by atoms with E-state index in [9.17, 15) is 17.6 Å². The van der Waals surface area contributed by atoms with E-state index in [-0.39, 0.29) is 24.0 Å². The molecule has 0 fully saturated rings. The topological polar surface area (TPSA) is 66.5 Å². The molecule has 1 amide bonds. The van der Waals surface area contributed by atoms with E-state index in [1.165, 1.54) is 36.4 Å². The van der Waals surface area contributed by atoms with Crippen LogP contribution < -0.4 is 5.32 Å². The van der Waals surface area contributed by atoms with Crippen LogP contribution in [0.2, 0.25) is 0 Å². The molecule has 3 aromatic rings. The zero-order valence-corrected chi connectivity index (χ0v) is 20.4. The first-order valence-corrected chi connectivity index (χ1v) is 13.1. The van der Waals surface area contributed by atoms with Gasteiger partial charge in [0, 0.05) is 11.4 Å². The molecule has 0 spiro atoms. The molecular formula is C25H27FN2O3S2. The zero-order valence-electron chi connectivity index (χ0n) is 18.8. The second kappa shape index (κ2) is 11.0. The SMILES string of the molecule is CSc1ccc(C(C)NC(=O)CN(Cc2ccc(F)cc2)S(=O)(=O)c2ccc(C)cc2)cc1. The van der Waals surface area contributed by atoms with Gasteiger partial charge in [-0.3, -0.25) is 4.79 Å². The minimum Gasteiger partial charge on any atom is -0.348 e. The maximum atomic E-state index is 13.3.